The van der Waals surface area contributed by atoms with Crippen LogP contribution in [0.3, 0.4) is 0 Å². The van der Waals surface area contributed by atoms with Crippen LogP contribution >= 0.6 is 11.6 Å². The number of amides is 2. The van der Waals surface area contributed by atoms with E-state index < -0.39 is 33.4 Å². The van der Waals surface area contributed by atoms with Gasteiger partial charge in [-0.25, -0.2) is 8.42 Å². The second-order valence-corrected chi connectivity index (χ2v) is 13.7. The number of halogens is 1. The zero-order valence-electron chi connectivity index (χ0n) is 25.6. The summed E-state index contributed by atoms with van der Waals surface area (Å²) in [5, 5.41) is 14.9. The Labute approximate surface area is 279 Å². The van der Waals surface area contributed by atoms with E-state index in [1.807, 2.05) is 30.3 Å². The van der Waals surface area contributed by atoms with E-state index in [1.54, 1.807) is 42.5 Å². The molecule has 0 aromatic heterocycles. The molecule has 244 valence electrons. The fraction of sp³-hybridized carbons (Fsp3) is 0.257. The van der Waals surface area contributed by atoms with Crippen molar-refractivity contribution in [2.75, 3.05) is 10.8 Å². The minimum atomic E-state index is -4.33. The third-order valence-electron chi connectivity index (χ3n) is 8.23. The van der Waals surface area contributed by atoms with Gasteiger partial charge in [-0.2, -0.15) is 0 Å². The van der Waals surface area contributed by atoms with Crippen molar-refractivity contribution in [2.24, 2.45) is 0 Å². The van der Waals surface area contributed by atoms with E-state index in [0.29, 0.717) is 10.6 Å². The molecular formula is C35H35ClN4O6S. The number of benzene rings is 4. The second-order valence-electron chi connectivity index (χ2n) is 11.4. The first-order valence-electron chi connectivity index (χ1n) is 15.3. The highest BCUT2D eigenvalue weighted by molar-refractivity contribution is 7.92. The molecule has 12 heteroatoms. The fourth-order valence-corrected chi connectivity index (χ4v) is 7.35. The fourth-order valence-electron chi connectivity index (χ4n) is 5.72. The molecule has 10 nitrogen and oxygen atoms in total. The number of nitro benzene ring substituents is 1. The van der Waals surface area contributed by atoms with Crippen LogP contribution in [0, 0.1) is 10.1 Å². The first kappa shape index (κ1) is 33.6. The lowest BCUT2D eigenvalue weighted by Gasteiger charge is -2.34. The summed E-state index contributed by atoms with van der Waals surface area (Å²) in [6.07, 6.45) is 3.85. The highest BCUT2D eigenvalue weighted by Crippen LogP contribution is 2.28. The van der Waals surface area contributed by atoms with Crippen molar-refractivity contribution in [2.45, 2.75) is 55.6 Å². The van der Waals surface area contributed by atoms with Gasteiger partial charge in [0.15, 0.2) is 0 Å². The van der Waals surface area contributed by atoms with Crippen molar-refractivity contribution < 1.29 is 22.9 Å². The quantitative estimate of drug-likeness (QED) is 0.134. The number of non-ortho nitro benzene ring substituents is 1. The lowest BCUT2D eigenvalue weighted by molar-refractivity contribution is -0.384. The SMILES string of the molecule is O=C(NC1CCCC1)[C@@H](Cc1ccccc1)N(Cc1ccccc1Cl)C(=O)CN(c1ccc([N+](=O)[O-])cc1)S(=O)(=O)c1ccccc1. The Morgan fingerprint density at radius 3 is 2.09 bits per heavy atom. The van der Waals surface area contributed by atoms with Crippen molar-refractivity contribution in [1.29, 1.82) is 0 Å². The average Bonchev–Trinajstić information content (AvgIpc) is 3.60. The molecule has 0 bridgehead atoms. The van der Waals surface area contributed by atoms with Crippen molar-refractivity contribution in [1.82, 2.24) is 10.2 Å². The van der Waals surface area contributed by atoms with Crippen molar-refractivity contribution in [3.05, 3.63) is 135 Å². The minimum absolute atomic E-state index is 0.0203. The van der Waals surface area contributed by atoms with Crippen LogP contribution in [0.5, 0.6) is 0 Å². The molecular weight excluding hydrogens is 640 g/mol. The van der Waals surface area contributed by atoms with Gasteiger partial charge in [0, 0.05) is 36.2 Å². The summed E-state index contributed by atoms with van der Waals surface area (Å²) in [7, 11) is -4.33. The van der Waals surface area contributed by atoms with Crippen LogP contribution in [-0.4, -0.2) is 48.7 Å². The van der Waals surface area contributed by atoms with Crippen LogP contribution in [0.2, 0.25) is 5.02 Å². The van der Waals surface area contributed by atoms with Gasteiger partial charge in [-0.3, -0.25) is 24.0 Å². The predicted molar refractivity (Wildman–Crippen MR) is 180 cm³/mol. The van der Waals surface area contributed by atoms with E-state index in [1.165, 1.54) is 41.3 Å². The van der Waals surface area contributed by atoms with Crippen LogP contribution in [-0.2, 0) is 32.6 Å². The molecule has 5 rings (SSSR count). The molecule has 0 saturated heterocycles. The zero-order valence-corrected chi connectivity index (χ0v) is 27.1. The number of nitro groups is 1. The highest BCUT2D eigenvalue weighted by atomic mass is 35.5. The minimum Gasteiger partial charge on any atom is -0.352 e. The molecule has 47 heavy (non-hydrogen) atoms. The number of carbonyl (C=O) groups is 2. The maximum absolute atomic E-state index is 14.6. The normalized spacial score (nSPS) is 13.9. The third-order valence-corrected chi connectivity index (χ3v) is 10.4. The molecule has 0 unspecified atom stereocenters. The maximum atomic E-state index is 14.6. The largest absolute Gasteiger partial charge is 0.352 e. The van der Waals surface area contributed by atoms with Crippen LogP contribution < -0.4 is 9.62 Å². The molecule has 1 atom stereocenters. The number of nitrogens with zero attached hydrogens (tertiary/aromatic N) is 3. The summed E-state index contributed by atoms with van der Waals surface area (Å²) in [6.45, 7) is -0.741. The van der Waals surface area contributed by atoms with Crippen molar-refractivity contribution >= 4 is 44.8 Å². The Morgan fingerprint density at radius 1 is 0.872 bits per heavy atom. The maximum Gasteiger partial charge on any atom is 0.269 e. The summed E-state index contributed by atoms with van der Waals surface area (Å²) in [4.78, 5) is 40.7. The van der Waals surface area contributed by atoms with E-state index in [9.17, 15) is 28.1 Å². The molecule has 2 amide bonds. The van der Waals surface area contributed by atoms with Gasteiger partial charge >= 0.3 is 0 Å². The van der Waals surface area contributed by atoms with E-state index in [-0.39, 0.29) is 41.2 Å². The van der Waals surface area contributed by atoms with Crippen LogP contribution in [0.25, 0.3) is 0 Å². The van der Waals surface area contributed by atoms with Crippen molar-refractivity contribution in [3.8, 4) is 0 Å². The number of rotatable bonds is 13. The van der Waals surface area contributed by atoms with Gasteiger partial charge in [0.1, 0.15) is 12.6 Å². The van der Waals surface area contributed by atoms with Crippen LogP contribution in [0.1, 0.15) is 36.8 Å². The molecule has 1 N–H and O–H groups in total. The van der Waals surface area contributed by atoms with E-state index >= 15 is 0 Å². The number of hydrogen-bond donors (Lipinski definition) is 1. The molecule has 0 heterocycles. The summed E-state index contributed by atoms with van der Waals surface area (Å²) < 4.78 is 29.1. The Morgan fingerprint density at radius 2 is 1.47 bits per heavy atom. The first-order valence-corrected chi connectivity index (χ1v) is 17.1. The molecule has 0 aliphatic heterocycles. The number of anilines is 1. The molecule has 4 aromatic carbocycles. The summed E-state index contributed by atoms with van der Waals surface area (Å²) >= 11 is 6.55. The Kier molecular flexibility index (Phi) is 10.9. The van der Waals surface area contributed by atoms with Gasteiger partial charge in [0.2, 0.25) is 11.8 Å². The van der Waals surface area contributed by atoms with Crippen molar-refractivity contribution in [3.63, 3.8) is 0 Å². The summed E-state index contributed by atoms with van der Waals surface area (Å²) in [5.74, 6) is -0.987. The highest BCUT2D eigenvalue weighted by Gasteiger charge is 2.36. The zero-order chi connectivity index (χ0) is 33.4. The topological polar surface area (TPSA) is 130 Å². The molecule has 1 fully saturated rings. The molecule has 0 radical (unpaired) electrons. The smallest absolute Gasteiger partial charge is 0.269 e. The molecule has 1 saturated carbocycles. The number of hydrogen-bond acceptors (Lipinski definition) is 6. The summed E-state index contributed by atoms with van der Waals surface area (Å²) in [5.41, 5.74) is 1.23. The standard InChI is InChI=1S/C35H35ClN4O6S/c36-32-18-10-7-13-27(32)24-38(33(23-26-11-3-1-4-12-26)35(42)37-28-14-8-9-15-28)34(41)25-39(29-19-21-30(22-20-29)40(43)44)47(45,46)31-16-5-2-6-17-31/h1-7,10-13,16-22,28,33H,8-9,14-15,23-25H2,(H,37,42)/t33-/m1/s1. The lowest BCUT2D eigenvalue weighted by Crippen LogP contribution is -2.54. The predicted octanol–water partition coefficient (Wildman–Crippen LogP) is 6.14. The van der Waals surface area contributed by atoms with E-state index in [0.717, 1.165) is 35.6 Å². The Bertz CT molecular complexity index is 1800. The van der Waals surface area contributed by atoms with Gasteiger partial charge in [0.05, 0.1) is 15.5 Å². The number of sulfonamides is 1. The third kappa shape index (κ3) is 8.35. The van der Waals surface area contributed by atoms with Gasteiger partial charge < -0.3 is 10.2 Å². The average molecular weight is 675 g/mol. The molecule has 1 aliphatic rings. The van der Waals surface area contributed by atoms with Gasteiger partial charge in [0.25, 0.3) is 15.7 Å². The Hall–Kier alpha value is -4.74. The lowest BCUT2D eigenvalue weighted by atomic mass is 10.0. The van der Waals surface area contributed by atoms with Gasteiger partial charge in [-0.05, 0) is 54.3 Å². The van der Waals surface area contributed by atoms with Gasteiger partial charge in [-0.1, -0.05) is 91.2 Å². The second kappa shape index (κ2) is 15.2. The first-order chi connectivity index (χ1) is 22.6. The number of nitrogens with one attached hydrogen (secondary N) is 1. The molecule has 4 aromatic rings. The Balaban J connectivity index is 1.57. The van der Waals surface area contributed by atoms with Crippen LogP contribution in [0.4, 0.5) is 11.4 Å². The molecule has 1 aliphatic carbocycles. The summed E-state index contributed by atoms with van der Waals surface area (Å²) in [6, 6.07) is 27.8. The monoisotopic (exact) mass is 674 g/mol. The molecule has 0 spiro atoms. The van der Waals surface area contributed by atoms with Crippen LogP contribution in [0.15, 0.2) is 114 Å². The van der Waals surface area contributed by atoms with E-state index in [4.69, 9.17) is 11.6 Å². The van der Waals surface area contributed by atoms with E-state index in [2.05, 4.69) is 5.32 Å². The van der Waals surface area contributed by atoms with Gasteiger partial charge in [-0.15, -0.1) is 0 Å². The number of carbonyl (C=O) groups excluding carboxylic acids is 2.